The highest BCUT2D eigenvalue weighted by molar-refractivity contribution is 7.89. The van der Waals surface area contributed by atoms with E-state index in [4.69, 9.17) is 0 Å². The van der Waals surface area contributed by atoms with Gasteiger partial charge in [0.25, 0.3) is 0 Å². The molecule has 0 bridgehead atoms. The number of aliphatic hydroxyl groups is 1. The molecule has 0 atom stereocenters. The normalized spacial score (nSPS) is 13.4. The summed E-state index contributed by atoms with van der Waals surface area (Å²) >= 11 is 1.46. The number of likely N-dealkylation sites (N-methyl/N-ethyl adjacent to an activating group) is 1. The maximum Gasteiger partial charge on any atom is 0.244 e. The van der Waals surface area contributed by atoms with Gasteiger partial charge in [-0.25, -0.2) is 8.42 Å². The molecule has 0 spiro atoms. The van der Waals surface area contributed by atoms with Crippen LogP contribution < -0.4 is 0 Å². The average molecular weight is 277 g/mol. The third-order valence-corrected chi connectivity index (χ3v) is 5.32. The van der Waals surface area contributed by atoms with E-state index in [0.29, 0.717) is 4.90 Å². The number of hydrogen-bond donors (Lipinski definition) is 1. The minimum atomic E-state index is -3.50. The van der Waals surface area contributed by atoms with Gasteiger partial charge in [-0.2, -0.15) is 4.31 Å². The molecule has 0 aliphatic rings. The molecule has 6 heteroatoms. The molecule has 0 saturated heterocycles. The van der Waals surface area contributed by atoms with Crippen LogP contribution in [0.5, 0.6) is 0 Å². The summed E-state index contributed by atoms with van der Waals surface area (Å²) in [6.07, 6.45) is 0. The Bertz CT molecular complexity index is 497. The molecule has 1 heterocycles. The van der Waals surface area contributed by atoms with Crippen LogP contribution in [0.15, 0.2) is 11.0 Å². The third kappa shape index (κ3) is 3.51. The molecule has 0 radical (unpaired) electrons. The molecule has 0 aliphatic heterocycles. The molecule has 4 nitrogen and oxygen atoms in total. The third-order valence-electron chi connectivity index (χ3n) is 2.29. The van der Waals surface area contributed by atoms with Gasteiger partial charge in [-0.05, 0) is 33.8 Å². The summed E-state index contributed by atoms with van der Waals surface area (Å²) in [5.41, 5.74) is -1.04. The highest BCUT2D eigenvalue weighted by Gasteiger charge is 2.28. The average Bonchev–Trinajstić information content (AvgIpc) is 2.42. The first-order chi connectivity index (χ1) is 7.54. The largest absolute Gasteiger partial charge is 0.389 e. The molecular formula is C11H19NO3S2. The second kappa shape index (κ2) is 4.68. The Labute approximate surface area is 107 Å². The van der Waals surface area contributed by atoms with E-state index in [-0.39, 0.29) is 6.54 Å². The van der Waals surface area contributed by atoms with Gasteiger partial charge in [0, 0.05) is 23.3 Å². The number of sulfonamides is 1. The molecule has 17 heavy (non-hydrogen) atoms. The lowest BCUT2D eigenvalue weighted by Crippen LogP contribution is -2.39. The van der Waals surface area contributed by atoms with Crippen molar-refractivity contribution in [3.8, 4) is 0 Å². The molecule has 1 N–H and O–H groups in total. The maximum absolute atomic E-state index is 12.3. The monoisotopic (exact) mass is 277 g/mol. The van der Waals surface area contributed by atoms with Crippen molar-refractivity contribution in [2.24, 2.45) is 0 Å². The molecule has 1 aromatic rings. The van der Waals surface area contributed by atoms with E-state index >= 15 is 0 Å². The lowest BCUT2D eigenvalue weighted by molar-refractivity contribution is 0.0640. The molecule has 1 aromatic heterocycles. The molecule has 98 valence electrons. The lowest BCUT2D eigenvalue weighted by atomic mass is 10.1. The van der Waals surface area contributed by atoms with Crippen LogP contribution in [0.1, 0.15) is 23.6 Å². The van der Waals surface area contributed by atoms with Gasteiger partial charge in [0.1, 0.15) is 0 Å². The minimum Gasteiger partial charge on any atom is -0.389 e. The zero-order chi connectivity index (χ0) is 13.4. The fourth-order valence-corrected chi connectivity index (χ4v) is 4.51. The van der Waals surface area contributed by atoms with Gasteiger partial charge in [-0.15, -0.1) is 11.3 Å². The van der Waals surface area contributed by atoms with Crippen molar-refractivity contribution in [1.82, 2.24) is 4.31 Å². The van der Waals surface area contributed by atoms with Crippen LogP contribution in [0.3, 0.4) is 0 Å². The molecule has 1 rings (SSSR count). The minimum absolute atomic E-state index is 0.0731. The molecule has 0 unspecified atom stereocenters. The van der Waals surface area contributed by atoms with Crippen LogP contribution in [0, 0.1) is 13.8 Å². The molecule has 0 fully saturated rings. The molecule has 0 aliphatic carbocycles. The lowest BCUT2D eigenvalue weighted by Gasteiger charge is -2.24. The Balaban J connectivity index is 3.08. The summed E-state index contributed by atoms with van der Waals surface area (Å²) in [7, 11) is -2.01. The van der Waals surface area contributed by atoms with Crippen molar-refractivity contribution >= 4 is 21.4 Å². The van der Waals surface area contributed by atoms with Crippen molar-refractivity contribution in [2.45, 2.75) is 38.2 Å². The van der Waals surface area contributed by atoms with Crippen LogP contribution in [0.4, 0.5) is 0 Å². The van der Waals surface area contributed by atoms with Crippen molar-refractivity contribution in [3.63, 3.8) is 0 Å². The van der Waals surface area contributed by atoms with Gasteiger partial charge in [0.05, 0.1) is 10.5 Å². The van der Waals surface area contributed by atoms with Crippen LogP contribution in [-0.4, -0.2) is 37.0 Å². The van der Waals surface area contributed by atoms with E-state index in [9.17, 15) is 13.5 Å². The van der Waals surface area contributed by atoms with Gasteiger partial charge in [-0.3, -0.25) is 0 Å². The van der Waals surface area contributed by atoms with E-state index < -0.39 is 15.6 Å². The van der Waals surface area contributed by atoms with Gasteiger partial charge in [-0.1, -0.05) is 0 Å². The van der Waals surface area contributed by atoms with E-state index in [1.54, 1.807) is 26.8 Å². The number of hydrogen-bond acceptors (Lipinski definition) is 4. The topological polar surface area (TPSA) is 57.6 Å². The van der Waals surface area contributed by atoms with E-state index in [0.717, 1.165) is 9.75 Å². The van der Waals surface area contributed by atoms with Gasteiger partial charge < -0.3 is 5.11 Å². The summed E-state index contributed by atoms with van der Waals surface area (Å²) in [5, 5.41) is 9.67. The fraction of sp³-hybridized carbons (Fsp3) is 0.636. The number of aryl methyl sites for hydroxylation is 2. The summed E-state index contributed by atoms with van der Waals surface area (Å²) in [5.74, 6) is 0. The van der Waals surface area contributed by atoms with Crippen molar-refractivity contribution in [3.05, 3.63) is 15.8 Å². The van der Waals surface area contributed by atoms with Crippen molar-refractivity contribution in [1.29, 1.82) is 0 Å². The highest BCUT2D eigenvalue weighted by Crippen LogP contribution is 2.27. The first-order valence-electron chi connectivity index (χ1n) is 5.30. The van der Waals surface area contributed by atoms with Crippen LogP contribution in [0.25, 0.3) is 0 Å². The van der Waals surface area contributed by atoms with Gasteiger partial charge >= 0.3 is 0 Å². The Morgan fingerprint density at radius 3 is 2.29 bits per heavy atom. The van der Waals surface area contributed by atoms with Crippen LogP contribution in [-0.2, 0) is 10.0 Å². The smallest absolute Gasteiger partial charge is 0.244 e. The second-order valence-corrected chi connectivity index (χ2v) is 8.32. The second-order valence-electron chi connectivity index (χ2n) is 4.85. The Morgan fingerprint density at radius 2 is 1.94 bits per heavy atom. The molecular weight excluding hydrogens is 258 g/mol. The van der Waals surface area contributed by atoms with Gasteiger partial charge in [0.15, 0.2) is 0 Å². The summed E-state index contributed by atoms with van der Waals surface area (Å²) < 4.78 is 25.7. The summed E-state index contributed by atoms with van der Waals surface area (Å²) in [4.78, 5) is 2.09. The van der Waals surface area contributed by atoms with E-state index in [2.05, 4.69) is 0 Å². The quantitative estimate of drug-likeness (QED) is 0.912. The van der Waals surface area contributed by atoms with E-state index in [1.807, 2.05) is 6.92 Å². The number of rotatable bonds is 4. The van der Waals surface area contributed by atoms with Crippen molar-refractivity contribution < 1.29 is 13.5 Å². The maximum atomic E-state index is 12.3. The zero-order valence-corrected chi connectivity index (χ0v) is 12.4. The van der Waals surface area contributed by atoms with E-state index in [1.165, 1.54) is 22.7 Å². The highest BCUT2D eigenvalue weighted by atomic mass is 32.2. The number of thiophene rings is 1. The molecule has 0 aromatic carbocycles. The SMILES string of the molecule is Cc1cc(S(=O)(=O)N(C)CC(C)(C)O)c(C)s1. The Kier molecular flexibility index (Phi) is 4.03. The van der Waals surface area contributed by atoms with Gasteiger partial charge in [0.2, 0.25) is 10.0 Å². The predicted molar refractivity (Wildman–Crippen MR) is 69.9 cm³/mol. The summed E-state index contributed by atoms with van der Waals surface area (Å²) in [6.45, 7) is 6.92. The Hall–Kier alpha value is -0.430. The van der Waals surface area contributed by atoms with Crippen LogP contribution >= 0.6 is 11.3 Å². The zero-order valence-electron chi connectivity index (χ0n) is 10.8. The standard InChI is InChI=1S/C11H19NO3S2/c1-8-6-10(9(2)16-8)17(14,15)12(5)7-11(3,4)13/h6,13H,7H2,1-5H3. The fourth-order valence-electron chi connectivity index (χ4n) is 1.66. The van der Waals surface area contributed by atoms with Crippen LogP contribution in [0.2, 0.25) is 0 Å². The summed E-state index contributed by atoms with van der Waals surface area (Å²) in [6, 6.07) is 1.68. The first kappa shape index (κ1) is 14.6. The van der Waals surface area contributed by atoms with Crippen molar-refractivity contribution in [2.75, 3.05) is 13.6 Å². The number of nitrogens with zero attached hydrogens (tertiary/aromatic N) is 1. The first-order valence-corrected chi connectivity index (χ1v) is 7.55. The molecule has 0 saturated carbocycles. The molecule has 0 amide bonds. The predicted octanol–water partition coefficient (Wildman–Crippen LogP) is 1.76. The Morgan fingerprint density at radius 1 is 1.41 bits per heavy atom.